The summed E-state index contributed by atoms with van der Waals surface area (Å²) < 4.78 is 4.05. The minimum Gasteiger partial charge on any atom is -0.315 e. The van der Waals surface area contributed by atoms with Gasteiger partial charge in [0, 0.05) is 21.1 Å². The molecule has 0 atom stereocenters. The third-order valence-corrected chi connectivity index (χ3v) is 3.07. The van der Waals surface area contributed by atoms with Crippen molar-refractivity contribution in [3.63, 3.8) is 0 Å². The molecule has 0 aromatic carbocycles. The summed E-state index contributed by atoms with van der Waals surface area (Å²) in [5, 5.41) is 0. The molecule has 0 aliphatic carbocycles. The molecule has 0 aliphatic rings. The molecule has 0 saturated heterocycles. The molecule has 2 aromatic rings. The van der Waals surface area contributed by atoms with E-state index in [1.807, 2.05) is 19.0 Å². The fourth-order valence-corrected chi connectivity index (χ4v) is 1.91. The first kappa shape index (κ1) is 17.0. The van der Waals surface area contributed by atoms with Gasteiger partial charge in [0.15, 0.2) is 17.0 Å². The van der Waals surface area contributed by atoms with Gasteiger partial charge in [-0.15, -0.1) is 12.4 Å². The van der Waals surface area contributed by atoms with Crippen LogP contribution in [0.4, 0.5) is 0 Å². The van der Waals surface area contributed by atoms with Gasteiger partial charge in [0.1, 0.15) is 0 Å². The second-order valence-corrected chi connectivity index (χ2v) is 4.91. The zero-order chi connectivity index (χ0) is 15.0. The molecule has 0 bridgehead atoms. The molecule has 0 amide bonds. The molecule has 0 radical (unpaired) electrons. The third kappa shape index (κ3) is 2.86. The topological polar surface area (TPSA) is 65.1 Å². The highest BCUT2D eigenvalue weighted by atomic mass is 35.5. The van der Waals surface area contributed by atoms with Crippen LogP contribution in [-0.4, -0.2) is 44.2 Å². The van der Waals surface area contributed by atoms with Crippen molar-refractivity contribution in [1.29, 1.82) is 0 Å². The Morgan fingerprint density at radius 2 is 1.71 bits per heavy atom. The predicted molar refractivity (Wildman–Crippen MR) is 83.9 cm³/mol. The molecule has 2 aromatic heterocycles. The average Bonchev–Trinajstić information content (AvgIpc) is 2.71. The lowest BCUT2D eigenvalue weighted by atomic mass is 10.5. The van der Waals surface area contributed by atoms with Gasteiger partial charge in [0.25, 0.3) is 5.56 Å². The Morgan fingerprint density at radius 1 is 1.10 bits per heavy atom. The van der Waals surface area contributed by atoms with E-state index in [1.165, 1.54) is 11.6 Å². The van der Waals surface area contributed by atoms with Crippen LogP contribution in [0.5, 0.6) is 0 Å². The Hall–Kier alpha value is -2.04. The van der Waals surface area contributed by atoms with Crippen LogP contribution >= 0.6 is 12.4 Å². The van der Waals surface area contributed by atoms with Crippen LogP contribution in [-0.2, 0) is 21.1 Å². The monoisotopic (exact) mass is 311 g/mol. The van der Waals surface area contributed by atoms with Gasteiger partial charge >= 0.3 is 5.69 Å². The molecule has 2 heterocycles. The molecule has 0 spiro atoms. The minimum atomic E-state index is -0.395. The number of halogens is 1. The summed E-state index contributed by atoms with van der Waals surface area (Å²) in [6, 6.07) is 0. The van der Waals surface area contributed by atoms with Crippen molar-refractivity contribution < 1.29 is 0 Å². The fraction of sp³-hybridized carbons (Fsp3) is 0.462. The van der Waals surface area contributed by atoms with Crippen molar-refractivity contribution in [2.45, 2.75) is 0 Å². The van der Waals surface area contributed by atoms with Crippen molar-refractivity contribution in [2.75, 3.05) is 20.6 Å². The van der Waals surface area contributed by atoms with Crippen LogP contribution in [0.3, 0.4) is 0 Å². The Morgan fingerprint density at radius 3 is 2.29 bits per heavy atom. The second kappa shape index (κ2) is 6.16. The number of nitrogens with zero attached hydrogens (tertiary/aromatic N) is 5. The van der Waals surface area contributed by atoms with Gasteiger partial charge in [-0.25, -0.2) is 9.78 Å². The summed E-state index contributed by atoms with van der Waals surface area (Å²) in [5.74, 6) is 6.36. The highest BCUT2D eigenvalue weighted by Gasteiger charge is 2.15. The molecule has 0 N–H and O–H groups in total. The zero-order valence-corrected chi connectivity index (χ0v) is 13.5. The predicted octanol–water partition coefficient (Wildman–Crippen LogP) is -0.694. The van der Waals surface area contributed by atoms with E-state index in [-0.39, 0.29) is 18.0 Å². The summed E-state index contributed by atoms with van der Waals surface area (Å²) in [7, 11) is 8.61. The first-order chi connectivity index (χ1) is 9.34. The number of aromatic nitrogens is 4. The lowest BCUT2D eigenvalue weighted by Gasteiger charge is -2.02. The van der Waals surface area contributed by atoms with Gasteiger partial charge in [-0.1, -0.05) is 5.92 Å². The largest absolute Gasteiger partial charge is 0.332 e. The molecule has 114 valence electrons. The Balaban J connectivity index is 0.00000220. The lowest BCUT2D eigenvalue weighted by Crippen LogP contribution is -2.37. The van der Waals surface area contributed by atoms with Crippen LogP contribution in [0.15, 0.2) is 9.59 Å². The van der Waals surface area contributed by atoms with Gasteiger partial charge in [-0.3, -0.25) is 18.8 Å². The molecular weight excluding hydrogens is 294 g/mol. The number of imidazole rings is 1. The maximum atomic E-state index is 12.1. The smallest absolute Gasteiger partial charge is 0.315 e. The van der Waals surface area contributed by atoms with Crippen molar-refractivity contribution in [1.82, 2.24) is 23.6 Å². The first-order valence-electron chi connectivity index (χ1n) is 6.10. The summed E-state index contributed by atoms with van der Waals surface area (Å²) in [6.45, 7) is 0.597. The Bertz CT molecular complexity index is 848. The molecule has 2 rings (SSSR count). The molecule has 0 unspecified atom stereocenters. The highest BCUT2D eigenvalue weighted by Crippen LogP contribution is 2.07. The summed E-state index contributed by atoms with van der Waals surface area (Å²) in [6.07, 6.45) is 0. The Kier molecular flexibility index (Phi) is 4.99. The maximum absolute atomic E-state index is 12.1. The van der Waals surface area contributed by atoms with Gasteiger partial charge < -0.3 is 4.57 Å². The number of hydrogen-bond donors (Lipinski definition) is 0. The molecule has 0 saturated carbocycles. The quantitative estimate of drug-likeness (QED) is 0.654. The average molecular weight is 312 g/mol. The van der Waals surface area contributed by atoms with E-state index in [0.717, 1.165) is 4.57 Å². The van der Waals surface area contributed by atoms with Gasteiger partial charge in [-0.2, -0.15) is 0 Å². The number of fused-ring (bicyclic) bond motifs is 1. The molecule has 7 nitrogen and oxygen atoms in total. The SMILES string of the molecule is CN(C)CC#Cc1nc2c(c(=O)n(C)c(=O)n2C)n1C.Cl. The molecular formula is C13H18ClN5O2. The van der Waals surface area contributed by atoms with Crippen LogP contribution < -0.4 is 11.2 Å². The minimum absolute atomic E-state index is 0. The standard InChI is InChI=1S/C13H17N5O2.ClH/c1-15(2)8-6-7-9-14-11-10(16(9)3)12(19)18(5)13(20)17(11)4;/h8H2,1-5H3;1H. The second-order valence-electron chi connectivity index (χ2n) is 4.91. The lowest BCUT2D eigenvalue weighted by molar-refractivity contribution is 0.464. The van der Waals surface area contributed by atoms with E-state index < -0.39 is 5.69 Å². The van der Waals surface area contributed by atoms with Crippen molar-refractivity contribution in [3.05, 3.63) is 26.7 Å². The first-order valence-corrected chi connectivity index (χ1v) is 6.10. The van der Waals surface area contributed by atoms with E-state index in [0.29, 0.717) is 23.5 Å². The Labute approximate surface area is 128 Å². The van der Waals surface area contributed by atoms with Crippen LogP contribution in [0.1, 0.15) is 5.82 Å². The molecule has 21 heavy (non-hydrogen) atoms. The zero-order valence-electron chi connectivity index (χ0n) is 12.7. The van der Waals surface area contributed by atoms with E-state index in [4.69, 9.17) is 0 Å². The van der Waals surface area contributed by atoms with Crippen LogP contribution in [0.25, 0.3) is 11.2 Å². The fourth-order valence-electron chi connectivity index (χ4n) is 1.91. The normalized spacial score (nSPS) is 10.4. The van der Waals surface area contributed by atoms with Crippen molar-refractivity contribution in [2.24, 2.45) is 21.1 Å². The van der Waals surface area contributed by atoms with E-state index >= 15 is 0 Å². The molecule has 0 aliphatic heterocycles. The highest BCUT2D eigenvalue weighted by molar-refractivity contribution is 5.85. The van der Waals surface area contributed by atoms with E-state index in [2.05, 4.69) is 16.8 Å². The number of rotatable bonds is 1. The van der Waals surface area contributed by atoms with Crippen molar-refractivity contribution in [3.8, 4) is 11.8 Å². The molecule has 8 heteroatoms. The van der Waals surface area contributed by atoms with Crippen LogP contribution in [0.2, 0.25) is 0 Å². The van der Waals surface area contributed by atoms with Gasteiger partial charge in [0.05, 0.1) is 6.54 Å². The van der Waals surface area contributed by atoms with Crippen LogP contribution in [0, 0.1) is 11.8 Å². The summed E-state index contributed by atoms with van der Waals surface area (Å²) >= 11 is 0. The van der Waals surface area contributed by atoms with Gasteiger partial charge in [0.2, 0.25) is 0 Å². The molecule has 0 fully saturated rings. The summed E-state index contributed by atoms with van der Waals surface area (Å²) in [4.78, 5) is 30.2. The van der Waals surface area contributed by atoms with E-state index in [1.54, 1.807) is 18.7 Å². The summed E-state index contributed by atoms with van der Waals surface area (Å²) in [5.41, 5.74) is -0.0225. The van der Waals surface area contributed by atoms with Crippen molar-refractivity contribution >= 4 is 23.6 Å². The third-order valence-electron chi connectivity index (χ3n) is 3.07. The van der Waals surface area contributed by atoms with Gasteiger partial charge in [-0.05, 0) is 20.0 Å². The number of aryl methyl sites for hydroxylation is 2. The number of hydrogen-bond acceptors (Lipinski definition) is 4. The van der Waals surface area contributed by atoms with E-state index in [9.17, 15) is 9.59 Å². The maximum Gasteiger partial charge on any atom is 0.332 e.